The number of hydrogen-bond acceptors (Lipinski definition) is 4. The molecule has 138 valence electrons. The van der Waals surface area contributed by atoms with Crippen LogP contribution in [0.1, 0.15) is 27.2 Å². The van der Waals surface area contributed by atoms with E-state index in [2.05, 4.69) is 15.6 Å². The number of halogens is 2. The van der Waals surface area contributed by atoms with Crippen molar-refractivity contribution in [3.8, 4) is 5.75 Å². The fourth-order valence-electron chi connectivity index (χ4n) is 2.46. The summed E-state index contributed by atoms with van der Waals surface area (Å²) in [7, 11) is 0. The van der Waals surface area contributed by atoms with Crippen molar-refractivity contribution in [2.75, 3.05) is 0 Å². The van der Waals surface area contributed by atoms with Crippen LogP contribution in [0.5, 0.6) is 5.75 Å². The number of hydrazone groups is 1. The van der Waals surface area contributed by atoms with Gasteiger partial charge in [-0.1, -0.05) is 35.9 Å². The minimum absolute atomic E-state index is 0.115. The second-order valence-electron chi connectivity index (χ2n) is 5.79. The molecule has 0 saturated heterocycles. The number of nitrogens with zero attached hydrogens (tertiary/aromatic N) is 3. The number of hydrogen-bond donors (Lipinski definition) is 2. The van der Waals surface area contributed by atoms with Crippen LogP contribution in [0.2, 0.25) is 5.15 Å². The van der Waals surface area contributed by atoms with Crippen LogP contribution in [0.4, 0.5) is 4.39 Å². The highest BCUT2D eigenvalue weighted by Crippen LogP contribution is 2.19. The van der Waals surface area contributed by atoms with Crippen molar-refractivity contribution in [3.05, 3.63) is 81.9 Å². The number of nitrogens with one attached hydrogen (secondary N) is 1. The molecule has 0 aliphatic heterocycles. The molecule has 0 fully saturated rings. The van der Waals surface area contributed by atoms with Gasteiger partial charge in [0.25, 0.3) is 5.91 Å². The highest BCUT2D eigenvalue weighted by Gasteiger charge is 2.13. The molecule has 0 unspecified atom stereocenters. The van der Waals surface area contributed by atoms with E-state index in [1.165, 1.54) is 30.5 Å². The van der Waals surface area contributed by atoms with E-state index >= 15 is 0 Å². The van der Waals surface area contributed by atoms with Crippen molar-refractivity contribution >= 4 is 23.7 Å². The number of carbonyl (C=O) groups excluding carboxylic acids is 1. The third kappa shape index (κ3) is 4.32. The maximum absolute atomic E-state index is 13.0. The molecule has 0 spiro atoms. The Labute approximate surface area is 159 Å². The maximum Gasteiger partial charge on any atom is 0.275 e. The first-order chi connectivity index (χ1) is 13.0. The number of phenols is 1. The van der Waals surface area contributed by atoms with Crippen LogP contribution < -0.4 is 5.43 Å². The summed E-state index contributed by atoms with van der Waals surface area (Å²) in [6.07, 6.45) is 1.39. The zero-order valence-corrected chi connectivity index (χ0v) is 15.1. The molecular formula is C19H16ClFN4O2. The van der Waals surface area contributed by atoms with Crippen LogP contribution in [-0.2, 0) is 6.54 Å². The van der Waals surface area contributed by atoms with Gasteiger partial charge in [-0.25, -0.2) is 14.5 Å². The fraction of sp³-hybridized carbons (Fsp3) is 0.105. The van der Waals surface area contributed by atoms with Crippen molar-refractivity contribution in [2.24, 2.45) is 5.10 Å². The second kappa shape index (κ2) is 8.01. The van der Waals surface area contributed by atoms with E-state index in [1.54, 1.807) is 35.9 Å². The van der Waals surface area contributed by atoms with Gasteiger partial charge in [0.2, 0.25) is 0 Å². The molecule has 2 aromatic carbocycles. The molecule has 3 aromatic rings. The first-order valence-corrected chi connectivity index (χ1v) is 8.42. The lowest BCUT2D eigenvalue weighted by molar-refractivity contribution is 0.0952. The Balaban J connectivity index is 1.72. The molecule has 1 heterocycles. The summed E-state index contributed by atoms with van der Waals surface area (Å²) in [5, 5.41) is 18.3. The molecule has 3 rings (SSSR count). The van der Waals surface area contributed by atoms with E-state index < -0.39 is 5.91 Å². The van der Waals surface area contributed by atoms with Crippen molar-refractivity contribution < 1.29 is 14.3 Å². The summed E-state index contributed by atoms with van der Waals surface area (Å²) >= 11 is 6.35. The number of rotatable bonds is 5. The van der Waals surface area contributed by atoms with Crippen LogP contribution in [0.15, 0.2) is 53.6 Å². The molecule has 0 aliphatic rings. The summed E-state index contributed by atoms with van der Waals surface area (Å²) in [6, 6.07) is 12.2. The average Bonchev–Trinajstić information content (AvgIpc) is 2.91. The topological polar surface area (TPSA) is 79.5 Å². The van der Waals surface area contributed by atoms with Crippen LogP contribution >= 0.6 is 11.6 Å². The standard InChI is InChI=1S/C19H16ClFN4O2/c1-12-16(10-22-23-19(27)15-4-2-3-5-17(15)26)18(20)25(24-12)11-13-6-8-14(21)9-7-13/h2-10,26H,11H2,1H3,(H,23,27)/b22-10+. The monoisotopic (exact) mass is 386 g/mol. The highest BCUT2D eigenvalue weighted by molar-refractivity contribution is 6.32. The highest BCUT2D eigenvalue weighted by atomic mass is 35.5. The Hall–Kier alpha value is -3.19. The van der Waals surface area contributed by atoms with Gasteiger partial charge in [-0.15, -0.1) is 0 Å². The van der Waals surface area contributed by atoms with Gasteiger partial charge in [-0.2, -0.15) is 10.2 Å². The van der Waals surface area contributed by atoms with Gasteiger partial charge in [0.15, 0.2) is 0 Å². The zero-order chi connectivity index (χ0) is 19.4. The molecule has 6 nitrogen and oxygen atoms in total. The van der Waals surface area contributed by atoms with E-state index in [0.717, 1.165) is 5.56 Å². The van der Waals surface area contributed by atoms with Gasteiger partial charge >= 0.3 is 0 Å². The van der Waals surface area contributed by atoms with Gasteiger partial charge < -0.3 is 5.11 Å². The Morgan fingerprint density at radius 2 is 2.00 bits per heavy atom. The summed E-state index contributed by atoms with van der Waals surface area (Å²) in [5.74, 6) is -0.988. The number of aromatic nitrogens is 2. The largest absolute Gasteiger partial charge is 0.507 e. The summed E-state index contributed by atoms with van der Waals surface area (Å²) in [5.41, 5.74) is 4.48. The molecule has 1 amide bonds. The Kier molecular flexibility index (Phi) is 5.52. The number of carbonyl (C=O) groups is 1. The minimum atomic E-state index is -0.545. The lowest BCUT2D eigenvalue weighted by Crippen LogP contribution is -2.17. The van der Waals surface area contributed by atoms with E-state index in [-0.39, 0.29) is 17.1 Å². The van der Waals surface area contributed by atoms with E-state index in [4.69, 9.17) is 11.6 Å². The third-order valence-corrected chi connectivity index (χ3v) is 4.26. The van der Waals surface area contributed by atoms with E-state index in [1.807, 2.05) is 0 Å². The van der Waals surface area contributed by atoms with Gasteiger partial charge in [-0.05, 0) is 36.8 Å². The zero-order valence-electron chi connectivity index (χ0n) is 14.4. The molecular weight excluding hydrogens is 371 g/mol. The third-order valence-electron chi connectivity index (χ3n) is 3.86. The van der Waals surface area contributed by atoms with Crippen LogP contribution in [0.3, 0.4) is 0 Å². The number of benzene rings is 2. The lowest BCUT2D eigenvalue weighted by atomic mass is 10.2. The molecule has 8 heteroatoms. The average molecular weight is 387 g/mol. The molecule has 0 saturated carbocycles. The summed E-state index contributed by atoms with van der Waals surface area (Å²) < 4.78 is 14.6. The summed E-state index contributed by atoms with van der Waals surface area (Å²) in [4.78, 5) is 12.0. The van der Waals surface area contributed by atoms with Gasteiger partial charge in [-0.3, -0.25) is 4.79 Å². The van der Waals surface area contributed by atoms with Crippen LogP contribution in [0.25, 0.3) is 0 Å². The van der Waals surface area contributed by atoms with Crippen molar-refractivity contribution in [1.82, 2.24) is 15.2 Å². The number of aromatic hydroxyl groups is 1. The van der Waals surface area contributed by atoms with Crippen LogP contribution in [0, 0.1) is 12.7 Å². The van der Waals surface area contributed by atoms with E-state index in [0.29, 0.717) is 23.0 Å². The predicted molar refractivity (Wildman–Crippen MR) is 101 cm³/mol. The number of amides is 1. The second-order valence-corrected chi connectivity index (χ2v) is 6.15. The number of aryl methyl sites for hydroxylation is 1. The van der Waals surface area contributed by atoms with Crippen molar-refractivity contribution in [1.29, 1.82) is 0 Å². The fourth-order valence-corrected chi connectivity index (χ4v) is 2.75. The molecule has 1 aromatic heterocycles. The SMILES string of the molecule is Cc1nn(Cc2ccc(F)cc2)c(Cl)c1/C=N/NC(=O)c1ccccc1O. The van der Waals surface area contributed by atoms with Gasteiger partial charge in [0.1, 0.15) is 16.7 Å². The first-order valence-electron chi connectivity index (χ1n) is 8.04. The molecule has 0 radical (unpaired) electrons. The first kappa shape index (κ1) is 18.6. The summed E-state index contributed by atoms with van der Waals surface area (Å²) in [6.45, 7) is 2.14. The smallest absolute Gasteiger partial charge is 0.275 e. The lowest BCUT2D eigenvalue weighted by Gasteiger charge is -2.03. The predicted octanol–water partition coefficient (Wildman–Crippen LogP) is 3.50. The van der Waals surface area contributed by atoms with E-state index in [9.17, 15) is 14.3 Å². The van der Waals surface area contributed by atoms with Crippen molar-refractivity contribution in [2.45, 2.75) is 13.5 Å². The Morgan fingerprint density at radius 1 is 1.30 bits per heavy atom. The minimum Gasteiger partial charge on any atom is -0.507 e. The van der Waals surface area contributed by atoms with Gasteiger partial charge in [0.05, 0.1) is 29.6 Å². The molecule has 0 bridgehead atoms. The molecule has 0 atom stereocenters. The quantitative estimate of drug-likeness (QED) is 0.520. The van der Waals surface area contributed by atoms with Gasteiger partial charge in [0, 0.05) is 0 Å². The normalized spacial score (nSPS) is 11.1. The van der Waals surface area contributed by atoms with Crippen molar-refractivity contribution in [3.63, 3.8) is 0 Å². The molecule has 2 N–H and O–H groups in total. The van der Waals surface area contributed by atoms with Crippen LogP contribution in [-0.4, -0.2) is 27.0 Å². The Bertz CT molecular complexity index is 999. The number of phenolic OH excluding ortho intramolecular Hbond substituents is 1. The molecule has 27 heavy (non-hydrogen) atoms. The number of para-hydroxylation sites is 1. The Morgan fingerprint density at radius 3 is 2.70 bits per heavy atom. The maximum atomic E-state index is 13.0. The molecule has 0 aliphatic carbocycles.